The Labute approximate surface area is 113 Å². The average Bonchev–Trinajstić information content (AvgIpc) is 2.89. The molecule has 10 heteroatoms. The minimum atomic E-state index is -3.93. The molecule has 1 aromatic heterocycles. The van der Waals surface area contributed by atoms with Gasteiger partial charge in [-0.2, -0.15) is 0 Å². The van der Waals surface area contributed by atoms with Gasteiger partial charge in [-0.25, -0.2) is 8.42 Å². The molecule has 0 aliphatic heterocycles. The second kappa shape index (κ2) is 5.17. The molecular weight excluding hydrogens is 290 g/mol. The first-order chi connectivity index (χ1) is 9.44. The van der Waals surface area contributed by atoms with Crippen LogP contribution in [0.1, 0.15) is 0 Å². The van der Waals surface area contributed by atoms with Gasteiger partial charge >= 0.3 is 5.69 Å². The number of rotatable bonds is 5. The van der Waals surface area contributed by atoms with Crippen molar-refractivity contribution in [3.05, 3.63) is 40.6 Å². The van der Waals surface area contributed by atoms with Crippen LogP contribution in [-0.4, -0.2) is 25.6 Å². The van der Waals surface area contributed by atoms with Gasteiger partial charge in [0.15, 0.2) is 11.6 Å². The van der Waals surface area contributed by atoms with Gasteiger partial charge in [-0.3, -0.25) is 14.8 Å². The van der Waals surface area contributed by atoms with Crippen molar-refractivity contribution in [2.24, 2.45) is 0 Å². The molecule has 0 aliphatic rings. The maximum Gasteiger partial charge on any atom is 0.310 e. The van der Waals surface area contributed by atoms with Crippen LogP contribution < -0.4 is 9.46 Å². The smallest absolute Gasteiger partial charge is 0.310 e. The van der Waals surface area contributed by atoms with E-state index in [4.69, 9.17) is 4.74 Å². The van der Waals surface area contributed by atoms with E-state index in [1.54, 1.807) is 0 Å². The third-order valence-electron chi connectivity index (χ3n) is 2.33. The zero-order valence-corrected chi connectivity index (χ0v) is 11.0. The number of methoxy groups -OCH3 is 1. The Morgan fingerprint density at radius 2 is 2.15 bits per heavy atom. The fraction of sp³-hybridized carbons (Fsp3) is 0.100. The fourth-order valence-electron chi connectivity index (χ4n) is 1.44. The van der Waals surface area contributed by atoms with Crippen LogP contribution in [-0.2, 0) is 10.0 Å². The number of nitro benzene ring substituents is 1. The van der Waals surface area contributed by atoms with Crippen LogP contribution in [0.3, 0.4) is 0 Å². The lowest BCUT2D eigenvalue weighted by Crippen LogP contribution is -2.13. The number of aromatic nitrogens is 1. The largest absolute Gasteiger partial charge is 0.490 e. The highest BCUT2D eigenvalue weighted by Crippen LogP contribution is 2.29. The van der Waals surface area contributed by atoms with Crippen LogP contribution in [0.15, 0.2) is 39.9 Å². The summed E-state index contributed by atoms with van der Waals surface area (Å²) in [6, 6.07) is 4.53. The van der Waals surface area contributed by atoms with E-state index in [1.807, 2.05) is 0 Å². The summed E-state index contributed by atoms with van der Waals surface area (Å²) in [7, 11) is -2.72. The van der Waals surface area contributed by atoms with Crippen molar-refractivity contribution >= 4 is 21.5 Å². The predicted octanol–water partition coefficient (Wildman–Crippen LogP) is 1.39. The highest BCUT2D eigenvalue weighted by Gasteiger charge is 2.21. The zero-order valence-electron chi connectivity index (χ0n) is 10.1. The fourth-order valence-corrected chi connectivity index (χ4v) is 2.45. The highest BCUT2D eigenvalue weighted by atomic mass is 32.2. The third-order valence-corrected chi connectivity index (χ3v) is 3.69. The summed E-state index contributed by atoms with van der Waals surface area (Å²) in [4.78, 5) is 9.88. The number of benzene rings is 1. The van der Waals surface area contributed by atoms with Crippen LogP contribution in [0, 0.1) is 10.1 Å². The minimum Gasteiger partial charge on any atom is -0.490 e. The Balaban J connectivity index is 2.40. The molecule has 20 heavy (non-hydrogen) atoms. The number of nitrogens with zero attached hydrogens (tertiary/aromatic N) is 2. The van der Waals surface area contributed by atoms with Crippen LogP contribution >= 0.6 is 0 Å². The van der Waals surface area contributed by atoms with E-state index in [0.29, 0.717) is 0 Å². The summed E-state index contributed by atoms with van der Waals surface area (Å²) in [6.45, 7) is 0. The molecule has 0 saturated carbocycles. The number of nitrogens with one attached hydrogen (secondary N) is 1. The summed E-state index contributed by atoms with van der Waals surface area (Å²) in [6.07, 6.45) is 1.20. The zero-order chi connectivity index (χ0) is 14.8. The first-order valence-electron chi connectivity index (χ1n) is 5.19. The molecule has 2 aromatic rings. The van der Waals surface area contributed by atoms with E-state index < -0.39 is 14.9 Å². The van der Waals surface area contributed by atoms with Crippen molar-refractivity contribution < 1.29 is 22.6 Å². The average molecular weight is 299 g/mol. The maximum absolute atomic E-state index is 12.0. The van der Waals surface area contributed by atoms with Gasteiger partial charge in [0.25, 0.3) is 10.0 Å². The van der Waals surface area contributed by atoms with Crippen molar-refractivity contribution in [3.8, 4) is 5.75 Å². The molecule has 0 atom stereocenters. The van der Waals surface area contributed by atoms with E-state index in [9.17, 15) is 18.5 Å². The molecule has 1 heterocycles. The van der Waals surface area contributed by atoms with Crippen molar-refractivity contribution in [1.82, 2.24) is 5.16 Å². The Bertz CT molecular complexity index is 725. The van der Waals surface area contributed by atoms with Crippen molar-refractivity contribution in [2.75, 3.05) is 11.8 Å². The number of nitro groups is 1. The monoisotopic (exact) mass is 299 g/mol. The van der Waals surface area contributed by atoms with Crippen LogP contribution in [0.2, 0.25) is 0 Å². The summed E-state index contributed by atoms with van der Waals surface area (Å²) < 4.78 is 35.5. The lowest BCUT2D eigenvalue weighted by molar-refractivity contribution is -0.385. The normalized spacial score (nSPS) is 11.1. The molecule has 2 rings (SSSR count). The second-order valence-electron chi connectivity index (χ2n) is 3.58. The Morgan fingerprint density at radius 1 is 1.40 bits per heavy atom. The van der Waals surface area contributed by atoms with Crippen LogP contribution in [0.4, 0.5) is 11.5 Å². The topological polar surface area (TPSA) is 125 Å². The maximum atomic E-state index is 12.0. The van der Waals surface area contributed by atoms with Crippen molar-refractivity contribution in [3.63, 3.8) is 0 Å². The van der Waals surface area contributed by atoms with E-state index in [0.717, 1.165) is 18.2 Å². The third kappa shape index (κ3) is 2.69. The van der Waals surface area contributed by atoms with Crippen molar-refractivity contribution in [2.45, 2.75) is 4.90 Å². The molecule has 0 saturated heterocycles. The number of hydrogen-bond donors (Lipinski definition) is 1. The Morgan fingerprint density at radius 3 is 2.70 bits per heavy atom. The lowest BCUT2D eigenvalue weighted by Gasteiger charge is -2.07. The minimum absolute atomic E-state index is 0.00215. The van der Waals surface area contributed by atoms with Gasteiger partial charge in [-0.15, -0.1) is 0 Å². The standard InChI is InChI=1S/C10H9N3O6S/c1-18-9-6-7(2-3-8(9)13(14)15)20(16,17)12-10-4-5-19-11-10/h2-6H,1H3,(H,11,12). The van der Waals surface area contributed by atoms with Gasteiger partial charge < -0.3 is 9.26 Å². The molecule has 0 bridgehead atoms. The number of anilines is 1. The molecular formula is C10H9N3O6S. The predicted molar refractivity (Wildman–Crippen MR) is 67.0 cm³/mol. The molecule has 0 spiro atoms. The van der Waals surface area contributed by atoms with Gasteiger partial charge in [0.2, 0.25) is 0 Å². The molecule has 9 nitrogen and oxygen atoms in total. The highest BCUT2D eigenvalue weighted by molar-refractivity contribution is 7.92. The summed E-state index contributed by atoms with van der Waals surface area (Å²) >= 11 is 0. The Kier molecular flexibility index (Phi) is 3.57. The molecule has 0 amide bonds. The Hall–Kier alpha value is -2.62. The first kappa shape index (κ1) is 13.8. The van der Waals surface area contributed by atoms with Gasteiger partial charge in [0.05, 0.1) is 16.9 Å². The quantitative estimate of drug-likeness (QED) is 0.653. The number of sulfonamides is 1. The summed E-state index contributed by atoms with van der Waals surface area (Å²) in [5, 5.41) is 14.1. The van der Waals surface area contributed by atoms with Gasteiger partial charge in [-0.05, 0) is 6.07 Å². The molecule has 0 unspecified atom stereocenters. The van der Waals surface area contributed by atoms with E-state index in [-0.39, 0.29) is 22.2 Å². The SMILES string of the molecule is COc1cc(S(=O)(=O)Nc2ccon2)ccc1[N+](=O)[O-]. The summed E-state index contributed by atoms with van der Waals surface area (Å²) in [5.74, 6) is -0.152. The molecule has 1 N–H and O–H groups in total. The molecule has 106 valence electrons. The number of hydrogen-bond acceptors (Lipinski definition) is 7. The van der Waals surface area contributed by atoms with Crippen LogP contribution in [0.5, 0.6) is 5.75 Å². The van der Waals surface area contributed by atoms with Gasteiger partial charge in [0, 0.05) is 18.2 Å². The van der Waals surface area contributed by atoms with E-state index in [1.165, 1.54) is 19.4 Å². The van der Waals surface area contributed by atoms with Gasteiger partial charge in [0.1, 0.15) is 6.26 Å². The second-order valence-corrected chi connectivity index (χ2v) is 5.26. The van der Waals surface area contributed by atoms with Crippen LogP contribution in [0.25, 0.3) is 0 Å². The van der Waals surface area contributed by atoms with Gasteiger partial charge in [-0.1, -0.05) is 5.16 Å². The first-order valence-corrected chi connectivity index (χ1v) is 6.68. The van der Waals surface area contributed by atoms with Crippen molar-refractivity contribution in [1.29, 1.82) is 0 Å². The summed E-state index contributed by atoms with van der Waals surface area (Å²) in [5.41, 5.74) is -0.326. The molecule has 0 fully saturated rings. The van der Waals surface area contributed by atoms with E-state index >= 15 is 0 Å². The molecule has 1 aromatic carbocycles. The lowest BCUT2D eigenvalue weighted by atomic mass is 10.3. The molecule has 0 radical (unpaired) electrons. The molecule has 0 aliphatic carbocycles. The van der Waals surface area contributed by atoms with E-state index in [2.05, 4.69) is 14.4 Å². The number of ether oxygens (including phenoxy) is 1.